The lowest BCUT2D eigenvalue weighted by molar-refractivity contribution is 0.238. The third-order valence-electron chi connectivity index (χ3n) is 2.63. The molecule has 1 atom stereocenters. The quantitative estimate of drug-likeness (QED) is 0.665. The van der Waals surface area contributed by atoms with Crippen molar-refractivity contribution in [3.8, 4) is 11.8 Å². The van der Waals surface area contributed by atoms with Gasteiger partial charge in [-0.3, -0.25) is 0 Å². The van der Waals surface area contributed by atoms with Crippen LogP contribution in [0, 0.1) is 17.7 Å². The number of benzene rings is 2. The third kappa shape index (κ3) is 3.85. The maximum atomic E-state index is 12.8. The van der Waals surface area contributed by atoms with Crippen molar-refractivity contribution in [2.75, 3.05) is 6.26 Å². The van der Waals surface area contributed by atoms with Crippen LogP contribution in [0.25, 0.3) is 0 Å². The van der Waals surface area contributed by atoms with E-state index in [-0.39, 0.29) is 5.82 Å². The maximum absolute atomic E-state index is 12.8. The minimum Gasteiger partial charge on any atom is -0.376 e. The minimum atomic E-state index is -0.902. The van der Waals surface area contributed by atoms with Gasteiger partial charge < -0.3 is 5.11 Å². The average molecular weight is 272 g/mol. The number of thioether (sulfide) groups is 1. The van der Waals surface area contributed by atoms with Gasteiger partial charge in [-0.15, -0.1) is 11.8 Å². The van der Waals surface area contributed by atoms with E-state index < -0.39 is 6.10 Å². The van der Waals surface area contributed by atoms with Crippen molar-refractivity contribution >= 4 is 11.8 Å². The Hall–Kier alpha value is -1.76. The number of aliphatic hydroxyl groups is 1. The molecule has 0 unspecified atom stereocenters. The van der Waals surface area contributed by atoms with Gasteiger partial charge in [-0.1, -0.05) is 24.0 Å². The standard InChI is InChI=1S/C16H13FOS/c1-19-15-9-2-12(3-10-15)4-11-16(18)13-5-7-14(17)8-6-13/h2-3,5-10,16,18H,1H3/t16-/m1/s1. The fourth-order valence-electron chi connectivity index (χ4n) is 1.55. The van der Waals surface area contributed by atoms with Gasteiger partial charge in [-0.25, -0.2) is 4.39 Å². The van der Waals surface area contributed by atoms with Crippen molar-refractivity contribution in [3.63, 3.8) is 0 Å². The molecule has 0 bridgehead atoms. The Labute approximate surface area is 116 Å². The lowest BCUT2D eigenvalue weighted by Crippen LogP contribution is -1.93. The predicted molar refractivity (Wildman–Crippen MR) is 76.5 cm³/mol. The molecule has 1 nitrogen and oxygen atoms in total. The summed E-state index contributed by atoms with van der Waals surface area (Å²) in [4.78, 5) is 1.17. The summed E-state index contributed by atoms with van der Waals surface area (Å²) in [6.45, 7) is 0. The highest BCUT2D eigenvalue weighted by molar-refractivity contribution is 7.98. The molecular formula is C16H13FOS. The summed E-state index contributed by atoms with van der Waals surface area (Å²) in [5, 5.41) is 9.87. The molecule has 0 aliphatic heterocycles. The SMILES string of the molecule is CSc1ccc(C#C[C@@H](O)c2ccc(F)cc2)cc1. The van der Waals surface area contributed by atoms with E-state index in [9.17, 15) is 9.50 Å². The monoisotopic (exact) mass is 272 g/mol. The van der Waals surface area contributed by atoms with Gasteiger partial charge in [0.05, 0.1) is 0 Å². The van der Waals surface area contributed by atoms with Crippen LogP contribution in [0.1, 0.15) is 17.2 Å². The molecule has 1 N–H and O–H groups in total. The molecular weight excluding hydrogens is 259 g/mol. The molecule has 2 aromatic rings. The Morgan fingerprint density at radius 2 is 1.68 bits per heavy atom. The van der Waals surface area contributed by atoms with Crippen molar-refractivity contribution in [1.29, 1.82) is 0 Å². The molecule has 0 saturated heterocycles. The highest BCUT2D eigenvalue weighted by Gasteiger charge is 2.02. The molecule has 96 valence electrons. The second kappa shape index (κ2) is 6.42. The van der Waals surface area contributed by atoms with E-state index in [1.165, 1.54) is 29.2 Å². The van der Waals surface area contributed by atoms with Crippen LogP contribution in [0.5, 0.6) is 0 Å². The van der Waals surface area contributed by atoms with Gasteiger partial charge in [0, 0.05) is 10.5 Å². The van der Waals surface area contributed by atoms with Gasteiger partial charge in [0.15, 0.2) is 0 Å². The first kappa shape index (κ1) is 13.7. The van der Waals surface area contributed by atoms with Gasteiger partial charge >= 0.3 is 0 Å². The third-order valence-corrected chi connectivity index (χ3v) is 3.37. The molecule has 3 heteroatoms. The van der Waals surface area contributed by atoms with Crippen molar-refractivity contribution in [3.05, 3.63) is 65.5 Å². The van der Waals surface area contributed by atoms with Crippen LogP contribution in [0.4, 0.5) is 4.39 Å². The van der Waals surface area contributed by atoms with Gasteiger partial charge in [-0.2, -0.15) is 0 Å². The van der Waals surface area contributed by atoms with E-state index in [1.54, 1.807) is 11.8 Å². The Bertz CT molecular complexity index is 593. The summed E-state index contributed by atoms with van der Waals surface area (Å²) in [5.41, 5.74) is 1.44. The lowest BCUT2D eigenvalue weighted by atomic mass is 10.1. The molecule has 0 amide bonds. The van der Waals surface area contributed by atoms with E-state index in [2.05, 4.69) is 11.8 Å². The van der Waals surface area contributed by atoms with E-state index in [4.69, 9.17) is 0 Å². The number of halogens is 1. The molecule has 0 aliphatic rings. The highest BCUT2D eigenvalue weighted by atomic mass is 32.2. The molecule has 0 heterocycles. The average Bonchev–Trinajstić information content (AvgIpc) is 2.46. The summed E-state index contributed by atoms with van der Waals surface area (Å²) in [5.74, 6) is 5.33. The zero-order valence-electron chi connectivity index (χ0n) is 10.4. The fourth-order valence-corrected chi connectivity index (χ4v) is 1.96. The van der Waals surface area contributed by atoms with Crippen molar-refractivity contribution in [2.24, 2.45) is 0 Å². The minimum absolute atomic E-state index is 0.323. The summed E-state index contributed by atoms with van der Waals surface area (Å²) in [7, 11) is 0. The molecule has 0 aliphatic carbocycles. The Balaban J connectivity index is 2.11. The van der Waals surface area contributed by atoms with E-state index in [0.717, 1.165) is 5.56 Å². The first-order valence-electron chi connectivity index (χ1n) is 5.78. The van der Waals surface area contributed by atoms with E-state index >= 15 is 0 Å². The van der Waals surface area contributed by atoms with Gasteiger partial charge in [-0.05, 0) is 48.2 Å². The highest BCUT2D eigenvalue weighted by Crippen LogP contribution is 2.15. The number of aliphatic hydroxyl groups excluding tert-OH is 1. The Morgan fingerprint density at radius 3 is 2.26 bits per heavy atom. The molecule has 0 saturated carbocycles. The topological polar surface area (TPSA) is 20.2 Å². The molecule has 0 spiro atoms. The Morgan fingerprint density at radius 1 is 1.05 bits per heavy atom. The predicted octanol–water partition coefficient (Wildman–Crippen LogP) is 3.63. The van der Waals surface area contributed by atoms with Crippen LogP contribution in [0.15, 0.2) is 53.4 Å². The summed E-state index contributed by atoms with van der Waals surface area (Å²) < 4.78 is 12.8. The summed E-state index contributed by atoms with van der Waals surface area (Å²) >= 11 is 1.67. The van der Waals surface area contributed by atoms with Crippen molar-refractivity contribution < 1.29 is 9.50 Å². The lowest BCUT2D eigenvalue weighted by Gasteiger charge is -2.02. The summed E-state index contributed by atoms with van der Waals surface area (Å²) in [6, 6.07) is 13.5. The Kier molecular flexibility index (Phi) is 4.62. The number of hydrogen-bond acceptors (Lipinski definition) is 2. The van der Waals surface area contributed by atoms with Gasteiger partial charge in [0.25, 0.3) is 0 Å². The zero-order chi connectivity index (χ0) is 13.7. The van der Waals surface area contributed by atoms with Crippen LogP contribution in [-0.2, 0) is 0 Å². The normalized spacial score (nSPS) is 11.5. The zero-order valence-corrected chi connectivity index (χ0v) is 11.2. The first-order chi connectivity index (χ1) is 9.19. The first-order valence-corrected chi connectivity index (χ1v) is 7.00. The number of rotatable bonds is 2. The maximum Gasteiger partial charge on any atom is 0.140 e. The smallest absolute Gasteiger partial charge is 0.140 e. The largest absolute Gasteiger partial charge is 0.376 e. The second-order valence-electron chi connectivity index (χ2n) is 3.95. The fraction of sp³-hybridized carbons (Fsp3) is 0.125. The molecule has 0 radical (unpaired) electrons. The van der Waals surface area contributed by atoms with Gasteiger partial charge in [0.1, 0.15) is 11.9 Å². The molecule has 19 heavy (non-hydrogen) atoms. The van der Waals surface area contributed by atoms with Crippen LogP contribution < -0.4 is 0 Å². The van der Waals surface area contributed by atoms with Gasteiger partial charge in [0.2, 0.25) is 0 Å². The molecule has 0 aromatic heterocycles. The van der Waals surface area contributed by atoms with Crippen molar-refractivity contribution in [1.82, 2.24) is 0 Å². The second-order valence-corrected chi connectivity index (χ2v) is 4.83. The van der Waals surface area contributed by atoms with Crippen LogP contribution in [-0.4, -0.2) is 11.4 Å². The molecule has 2 rings (SSSR count). The molecule has 0 fully saturated rings. The van der Waals surface area contributed by atoms with Crippen molar-refractivity contribution in [2.45, 2.75) is 11.0 Å². The van der Waals surface area contributed by atoms with E-state index in [0.29, 0.717) is 5.56 Å². The summed E-state index contributed by atoms with van der Waals surface area (Å²) in [6.07, 6.45) is 1.11. The number of hydrogen-bond donors (Lipinski definition) is 1. The van der Waals surface area contributed by atoms with Crippen LogP contribution in [0.2, 0.25) is 0 Å². The molecule has 2 aromatic carbocycles. The van der Waals surface area contributed by atoms with E-state index in [1.807, 2.05) is 30.5 Å². The van der Waals surface area contributed by atoms with Crippen LogP contribution in [0.3, 0.4) is 0 Å². The van der Waals surface area contributed by atoms with Crippen LogP contribution >= 0.6 is 11.8 Å².